The molecule has 1 heterocycles. The maximum atomic E-state index is 10.5. The lowest BCUT2D eigenvalue weighted by Gasteiger charge is -1.98. The van der Waals surface area contributed by atoms with Gasteiger partial charge in [-0.25, -0.2) is 0 Å². The van der Waals surface area contributed by atoms with Crippen molar-refractivity contribution in [3.05, 3.63) is 12.7 Å². The van der Waals surface area contributed by atoms with Crippen LogP contribution in [0.1, 0.15) is 12.8 Å². The molecular weight excluding hydrogens is 102 g/mol. The zero-order valence-corrected chi connectivity index (χ0v) is 4.68. The van der Waals surface area contributed by atoms with Crippen molar-refractivity contribution in [3.63, 3.8) is 0 Å². The summed E-state index contributed by atoms with van der Waals surface area (Å²) in [5.74, 6) is 0.148. The van der Waals surface area contributed by atoms with E-state index in [0.29, 0.717) is 6.42 Å². The van der Waals surface area contributed by atoms with Gasteiger partial charge in [-0.3, -0.25) is 4.79 Å². The van der Waals surface area contributed by atoms with Crippen molar-refractivity contribution in [2.75, 3.05) is 0 Å². The Morgan fingerprint density at radius 1 is 1.88 bits per heavy atom. The van der Waals surface area contributed by atoms with Gasteiger partial charge < -0.3 is 5.32 Å². The summed E-state index contributed by atoms with van der Waals surface area (Å²) in [7, 11) is 0. The zero-order valence-electron chi connectivity index (χ0n) is 4.68. The van der Waals surface area contributed by atoms with Gasteiger partial charge in [-0.1, -0.05) is 6.08 Å². The number of nitrogens with one attached hydrogen (secondary N) is 1. The molecule has 1 unspecified atom stereocenters. The van der Waals surface area contributed by atoms with Crippen LogP contribution < -0.4 is 5.32 Å². The number of hydrogen-bond donors (Lipinski definition) is 1. The molecule has 1 aliphatic rings. The number of rotatable bonds is 1. The van der Waals surface area contributed by atoms with Crippen LogP contribution in [0.5, 0.6) is 0 Å². The summed E-state index contributed by atoms with van der Waals surface area (Å²) in [6.45, 7) is 3.56. The van der Waals surface area contributed by atoms with Crippen molar-refractivity contribution in [3.8, 4) is 0 Å². The lowest BCUT2D eigenvalue weighted by molar-refractivity contribution is -0.119. The van der Waals surface area contributed by atoms with Gasteiger partial charge in [-0.2, -0.15) is 0 Å². The first kappa shape index (κ1) is 5.35. The van der Waals surface area contributed by atoms with Crippen molar-refractivity contribution in [1.82, 2.24) is 5.32 Å². The topological polar surface area (TPSA) is 29.1 Å². The Bertz CT molecular complexity index is 120. The molecule has 0 aliphatic carbocycles. The predicted octanol–water partition coefficient (Wildman–Crippen LogP) is 0.451. The Balaban J connectivity index is 2.43. The molecule has 0 aromatic rings. The molecule has 1 saturated heterocycles. The Labute approximate surface area is 48.6 Å². The van der Waals surface area contributed by atoms with E-state index >= 15 is 0 Å². The standard InChI is InChI=1S/C6H9NO/c1-2-5-3-4-6(8)7-5/h2,5H,1,3-4H2,(H,7,8). The molecule has 1 amide bonds. The highest BCUT2D eigenvalue weighted by molar-refractivity contribution is 5.78. The molecule has 8 heavy (non-hydrogen) atoms. The van der Waals surface area contributed by atoms with Crippen LogP contribution in [-0.2, 0) is 4.79 Å². The van der Waals surface area contributed by atoms with Crippen molar-refractivity contribution in [2.24, 2.45) is 0 Å². The van der Waals surface area contributed by atoms with E-state index in [2.05, 4.69) is 11.9 Å². The molecule has 44 valence electrons. The minimum absolute atomic E-state index is 0.148. The molecular formula is C6H9NO. The summed E-state index contributed by atoms with van der Waals surface area (Å²) in [5.41, 5.74) is 0. The van der Waals surface area contributed by atoms with Gasteiger partial charge in [-0.15, -0.1) is 6.58 Å². The molecule has 1 rings (SSSR count). The van der Waals surface area contributed by atoms with Gasteiger partial charge >= 0.3 is 0 Å². The third-order valence-electron chi connectivity index (χ3n) is 1.31. The summed E-state index contributed by atoms with van der Waals surface area (Å²) in [4.78, 5) is 10.5. The number of carbonyl (C=O) groups excluding carboxylic acids is 1. The number of hydrogen-bond acceptors (Lipinski definition) is 1. The normalized spacial score (nSPS) is 27.5. The largest absolute Gasteiger partial charge is 0.350 e. The van der Waals surface area contributed by atoms with E-state index < -0.39 is 0 Å². The average Bonchev–Trinajstić information content (AvgIpc) is 2.14. The fourth-order valence-corrected chi connectivity index (χ4v) is 0.814. The Hall–Kier alpha value is -0.790. The van der Waals surface area contributed by atoms with Gasteiger partial charge in [0.2, 0.25) is 5.91 Å². The molecule has 0 radical (unpaired) electrons. The van der Waals surface area contributed by atoms with Crippen LogP contribution in [0.2, 0.25) is 0 Å². The smallest absolute Gasteiger partial charge is 0.220 e. The predicted molar refractivity (Wildman–Crippen MR) is 31.4 cm³/mol. The van der Waals surface area contributed by atoms with Crippen molar-refractivity contribution in [2.45, 2.75) is 18.9 Å². The molecule has 1 N–H and O–H groups in total. The second-order valence-corrected chi connectivity index (χ2v) is 1.95. The molecule has 2 heteroatoms. The number of carbonyl (C=O) groups is 1. The Kier molecular flexibility index (Phi) is 1.33. The zero-order chi connectivity index (χ0) is 5.98. The summed E-state index contributed by atoms with van der Waals surface area (Å²) < 4.78 is 0. The van der Waals surface area contributed by atoms with E-state index in [1.165, 1.54) is 0 Å². The first-order chi connectivity index (χ1) is 3.83. The first-order valence-corrected chi connectivity index (χ1v) is 2.75. The molecule has 0 bridgehead atoms. The second kappa shape index (κ2) is 1.99. The maximum absolute atomic E-state index is 10.5. The molecule has 0 spiro atoms. The van der Waals surface area contributed by atoms with Crippen molar-refractivity contribution >= 4 is 5.91 Å². The van der Waals surface area contributed by atoms with Crippen LogP contribution in [0.4, 0.5) is 0 Å². The minimum Gasteiger partial charge on any atom is -0.350 e. The minimum atomic E-state index is 0.148. The fraction of sp³-hybridized carbons (Fsp3) is 0.500. The fourth-order valence-electron chi connectivity index (χ4n) is 0.814. The van der Waals surface area contributed by atoms with Crippen LogP contribution in [0.15, 0.2) is 12.7 Å². The number of amides is 1. The van der Waals surface area contributed by atoms with E-state index in [1.807, 2.05) is 0 Å². The second-order valence-electron chi connectivity index (χ2n) is 1.95. The van der Waals surface area contributed by atoms with Crippen molar-refractivity contribution in [1.29, 1.82) is 0 Å². The third-order valence-corrected chi connectivity index (χ3v) is 1.31. The van der Waals surface area contributed by atoms with Gasteiger partial charge in [0.15, 0.2) is 0 Å². The molecule has 0 saturated carbocycles. The summed E-state index contributed by atoms with van der Waals surface area (Å²) >= 11 is 0. The van der Waals surface area contributed by atoms with Gasteiger partial charge in [0.1, 0.15) is 0 Å². The highest BCUT2D eigenvalue weighted by atomic mass is 16.1. The molecule has 1 atom stereocenters. The van der Waals surface area contributed by atoms with E-state index in [0.717, 1.165) is 6.42 Å². The van der Waals surface area contributed by atoms with Crippen LogP contribution >= 0.6 is 0 Å². The molecule has 2 nitrogen and oxygen atoms in total. The quantitative estimate of drug-likeness (QED) is 0.489. The first-order valence-electron chi connectivity index (χ1n) is 2.75. The van der Waals surface area contributed by atoms with E-state index in [4.69, 9.17) is 0 Å². The van der Waals surface area contributed by atoms with E-state index in [9.17, 15) is 4.79 Å². The van der Waals surface area contributed by atoms with Gasteiger partial charge in [0.25, 0.3) is 0 Å². The average molecular weight is 111 g/mol. The van der Waals surface area contributed by atoms with E-state index in [-0.39, 0.29) is 11.9 Å². The van der Waals surface area contributed by atoms with Gasteiger partial charge in [0.05, 0.1) is 0 Å². The van der Waals surface area contributed by atoms with Crippen LogP contribution in [0, 0.1) is 0 Å². The van der Waals surface area contributed by atoms with Crippen molar-refractivity contribution < 1.29 is 4.79 Å². The van der Waals surface area contributed by atoms with Crippen LogP contribution in [0.3, 0.4) is 0 Å². The summed E-state index contributed by atoms with van der Waals surface area (Å²) in [5, 5.41) is 2.75. The molecule has 0 aromatic heterocycles. The molecule has 1 aliphatic heterocycles. The molecule has 0 aromatic carbocycles. The van der Waals surface area contributed by atoms with Crippen LogP contribution in [0.25, 0.3) is 0 Å². The monoisotopic (exact) mass is 111 g/mol. The molecule has 1 fully saturated rings. The Morgan fingerprint density at radius 3 is 2.88 bits per heavy atom. The SMILES string of the molecule is C=CC1CCC(=O)N1. The van der Waals surface area contributed by atoms with E-state index in [1.54, 1.807) is 6.08 Å². The maximum Gasteiger partial charge on any atom is 0.220 e. The third kappa shape index (κ3) is 0.886. The van der Waals surface area contributed by atoms with Crippen LogP contribution in [-0.4, -0.2) is 11.9 Å². The lowest BCUT2D eigenvalue weighted by atomic mass is 10.2. The highest BCUT2D eigenvalue weighted by Crippen LogP contribution is 2.05. The lowest BCUT2D eigenvalue weighted by Crippen LogP contribution is -2.22. The summed E-state index contributed by atoms with van der Waals surface area (Å²) in [6, 6.07) is 0.238. The summed E-state index contributed by atoms with van der Waals surface area (Å²) in [6.07, 6.45) is 3.35. The van der Waals surface area contributed by atoms with Gasteiger partial charge in [0, 0.05) is 12.5 Å². The highest BCUT2D eigenvalue weighted by Gasteiger charge is 2.16. The van der Waals surface area contributed by atoms with Gasteiger partial charge in [-0.05, 0) is 6.42 Å². The Morgan fingerprint density at radius 2 is 2.62 bits per heavy atom.